The fourth-order valence-electron chi connectivity index (χ4n) is 2.18. The molecule has 1 amide bonds. The molecule has 0 bridgehead atoms. The van der Waals surface area contributed by atoms with Gasteiger partial charge in [-0.05, 0) is 38.1 Å². The second kappa shape index (κ2) is 5.36. The normalized spacial score (nSPS) is 12.2. The fourth-order valence-corrected chi connectivity index (χ4v) is 2.18. The highest BCUT2D eigenvalue weighted by Crippen LogP contribution is 2.26. The van der Waals surface area contributed by atoms with Crippen molar-refractivity contribution in [1.29, 1.82) is 0 Å². The van der Waals surface area contributed by atoms with Crippen LogP contribution in [0.2, 0.25) is 0 Å². The number of pyridine rings is 1. The first kappa shape index (κ1) is 14.1. The maximum atomic E-state index is 12.0. The maximum Gasteiger partial charge on any atom is 0.244 e. The molecule has 1 atom stereocenters. The van der Waals surface area contributed by atoms with E-state index in [1.54, 1.807) is 19.0 Å². The Morgan fingerprint density at radius 2 is 2.05 bits per heavy atom. The number of fused-ring (bicyclic) bond motifs is 1. The molecule has 2 aromatic rings. The summed E-state index contributed by atoms with van der Waals surface area (Å²) in [6, 6.07) is 7.21. The number of carbonyl (C=O) groups is 1. The molecule has 0 aliphatic rings. The lowest BCUT2D eigenvalue weighted by atomic mass is 10.1. The number of hydrogen-bond donors (Lipinski definition) is 2. The summed E-state index contributed by atoms with van der Waals surface area (Å²) in [4.78, 5) is 18.0. The van der Waals surface area contributed by atoms with E-state index < -0.39 is 0 Å². The van der Waals surface area contributed by atoms with Gasteiger partial charge in [0.05, 0.1) is 5.52 Å². The molecular weight excluding hydrogens is 252 g/mol. The van der Waals surface area contributed by atoms with Crippen molar-refractivity contribution in [2.24, 2.45) is 0 Å². The van der Waals surface area contributed by atoms with Gasteiger partial charge in [0, 0.05) is 36.6 Å². The lowest BCUT2D eigenvalue weighted by molar-refractivity contribution is -0.129. The topological polar surface area (TPSA) is 71.2 Å². The van der Waals surface area contributed by atoms with Crippen LogP contribution in [-0.2, 0) is 4.79 Å². The number of benzene rings is 1. The zero-order valence-corrected chi connectivity index (χ0v) is 12.3. The number of amides is 1. The Kier molecular flexibility index (Phi) is 3.79. The van der Waals surface area contributed by atoms with Gasteiger partial charge in [0.25, 0.3) is 0 Å². The predicted molar refractivity (Wildman–Crippen MR) is 82.7 cm³/mol. The van der Waals surface area contributed by atoms with Crippen LogP contribution in [0.3, 0.4) is 0 Å². The van der Waals surface area contributed by atoms with Gasteiger partial charge in [-0.2, -0.15) is 0 Å². The third-order valence-electron chi connectivity index (χ3n) is 3.14. The van der Waals surface area contributed by atoms with Crippen molar-refractivity contribution in [3.05, 3.63) is 30.0 Å². The van der Waals surface area contributed by atoms with E-state index in [2.05, 4.69) is 10.3 Å². The summed E-state index contributed by atoms with van der Waals surface area (Å²) in [5.41, 5.74) is 9.16. The number of aryl methyl sites for hydroxylation is 1. The average molecular weight is 272 g/mol. The number of nitrogens with two attached hydrogens (primary N) is 1. The molecule has 0 saturated heterocycles. The number of rotatable bonds is 3. The van der Waals surface area contributed by atoms with Gasteiger partial charge in [-0.25, -0.2) is 0 Å². The van der Waals surface area contributed by atoms with Crippen LogP contribution < -0.4 is 11.1 Å². The van der Waals surface area contributed by atoms with Gasteiger partial charge in [-0.3, -0.25) is 9.78 Å². The number of nitrogens with one attached hydrogen (secondary N) is 1. The van der Waals surface area contributed by atoms with E-state index >= 15 is 0 Å². The summed E-state index contributed by atoms with van der Waals surface area (Å²) in [5, 5.41) is 4.17. The molecule has 0 aliphatic carbocycles. The van der Waals surface area contributed by atoms with Crippen molar-refractivity contribution in [3.63, 3.8) is 0 Å². The molecule has 5 nitrogen and oxygen atoms in total. The largest absolute Gasteiger partial charge is 0.399 e. The minimum atomic E-state index is -0.309. The number of hydrogen-bond acceptors (Lipinski definition) is 4. The molecular formula is C15H20N4O. The molecule has 0 radical (unpaired) electrons. The number of likely N-dealkylation sites (N-methyl/N-ethyl adjacent to an activating group) is 1. The predicted octanol–water partition coefficient (Wildman–Crippen LogP) is 2.01. The Morgan fingerprint density at radius 1 is 1.35 bits per heavy atom. The molecule has 3 N–H and O–H groups in total. The molecule has 0 spiro atoms. The van der Waals surface area contributed by atoms with Crippen LogP contribution in [0.25, 0.3) is 10.9 Å². The van der Waals surface area contributed by atoms with Crippen LogP contribution in [-0.4, -0.2) is 35.9 Å². The van der Waals surface area contributed by atoms with E-state index in [1.165, 1.54) is 0 Å². The number of nitrogen functional groups attached to an aromatic ring is 1. The number of nitrogens with zero attached hydrogens (tertiary/aromatic N) is 2. The third-order valence-corrected chi connectivity index (χ3v) is 3.14. The lowest BCUT2D eigenvalue weighted by Crippen LogP contribution is -2.36. The van der Waals surface area contributed by atoms with Crippen molar-refractivity contribution in [2.75, 3.05) is 25.1 Å². The number of aromatic nitrogens is 1. The molecule has 20 heavy (non-hydrogen) atoms. The van der Waals surface area contributed by atoms with Crippen LogP contribution in [0, 0.1) is 6.92 Å². The molecule has 1 heterocycles. The van der Waals surface area contributed by atoms with Crippen LogP contribution in [0.1, 0.15) is 12.6 Å². The van der Waals surface area contributed by atoms with E-state index in [4.69, 9.17) is 5.73 Å². The summed E-state index contributed by atoms with van der Waals surface area (Å²) in [6.45, 7) is 3.77. The average Bonchev–Trinajstić information content (AvgIpc) is 2.38. The zero-order chi connectivity index (χ0) is 14.9. The van der Waals surface area contributed by atoms with E-state index in [-0.39, 0.29) is 11.9 Å². The van der Waals surface area contributed by atoms with Gasteiger partial charge in [0.15, 0.2) is 0 Å². The number of anilines is 2. The van der Waals surface area contributed by atoms with Crippen LogP contribution in [0.5, 0.6) is 0 Å². The molecule has 1 aromatic carbocycles. The third kappa shape index (κ3) is 2.82. The second-order valence-electron chi connectivity index (χ2n) is 5.19. The Morgan fingerprint density at radius 3 is 2.70 bits per heavy atom. The molecule has 106 valence electrons. The second-order valence-corrected chi connectivity index (χ2v) is 5.19. The first-order chi connectivity index (χ1) is 9.38. The summed E-state index contributed by atoms with van der Waals surface area (Å²) in [6.07, 6.45) is 0. The lowest BCUT2D eigenvalue weighted by Gasteiger charge is -2.20. The minimum Gasteiger partial charge on any atom is -0.399 e. The first-order valence-electron chi connectivity index (χ1n) is 6.53. The molecule has 0 saturated carbocycles. The van der Waals surface area contributed by atoms with Crippen molar-refractivity contribution in [1.82, 2.24) is 9.88 Å². The zero-order valence-electron chi connectivity index (χ0n) is 12.3. The monoisotopic (exact) mass is 272 g/mol. The first-order valence-corrected chi connectivity index (χ1v) is 6.53. The minimum absolute atomic E-state index is 0.0246. The Balaban J connectivity index is 2.43. The van der Waals surface area contributed by atoms with E-state index in [9.17, 15) is 4.79 Å². The van der Waals surface area contributed by atoms with Crippen molar-refractivity contribution in [3.8, 4) is 0 Å². The molecule has 1 aromatic heterocycles. The Labute approximate surface area is 118 Å². The summed E-state index contributed by atoms with van der Waals surface area (Å²) >= 11 is 0. The summed E-state index contributed by atoms with van der Waals surface area (Å²) < 4.78 is 0. The summed E-state index contributed by atoms with van der Waals surface area (Å²) in [7, 11) is 3.49. The highest BCUT2D eigenvalue weighted by Gasteiger charge is 2.16. The highest BCUT2D eigenvalue weighted by atomic mass is 16.2. The molecule has 2 rings (SSSR count). The van der Waals surface area contributed by atoms with Gasteiger partial charge >= 0.3 is 0 Å². The van der Waals surface area contributed by atoms with Gasteiger partial charge in [-0.15, -0.1) is 0 Å². The summed E-state index contributed by atoms with van der Waals surface area (Å²) in [5.74, 6) is 0.0246. The molecule has 0 fully saturated rings. The molecule has 0 aliphatic heterocycles. The van der Waals surface area contributed by atoms with E-state index in [0.29, 0.717) is 5.69 Å². The van der Waals surface area contributed by atoms with Crippen molar-refractivity contribution >= 4 is 28.2 Å². The molecule has 1 unspecified atom stereocenters. The van der Waals surface area contributed by atoms with Crippen LogP contribution >= 0.6 is 0 Å². The van der Waals surface area contributed by atoms with E-state index in [1.807, 2.05) is 38.1 Å². The van der Waals surface area contributed by atoms with Crippen molar-refractivity contribution < 1.29 is 4.79 Å². The Bertz CT molecular complexity index is 652. The van der Waals surface area contributed by atoms with Gasteiger partial charge in [0.1, 0.15) is 6.04 Å². The molecule has 5 heteroatoms. The maximum absolute atomic E-state index is 12.0. The Hall–Kier alpha value is -2.30. The smallest absolute Gasteiger partial charge is 0.244 e. The quantitative estimate of drug-likeness (QED) is 0.838. The van der Waals surface area contributed by atoms with Gasteiger partial charge in [-0.1, -0.05) is 0 Å². The van der Waals surface area contributed by atoms with Crippen LogP contribution in [0.15, 0.2) is 24.3 Å². The number of carbonyl (C=O) groups excluding carboxylic acids is 1. The van der Waals surface area contributed by atoms with Crippen LogP contribution in [0.4, 0.5) is 11.4 Å². The highest BCUT2D eigenvalue weighted by molar-refractivity contribution is 5.95. The fraction of sp³-hybridized carbons (Fsp3) is 0.333. The van der Waals surface area contributed by atoms with Gasteiger partial charge < -0.3 is 16.0 Å². The van der Waals surface area contributed by atoms with Gasteiger partial charge in [0.2, 0.25) is 5.91 Å². The standard InChI is InChI=1S/C15H20N4O/c1-9-7-14(18-10(2)15(20)19(3)4)12-8-11(16)5-6-13(12)17-9/h5-8,10H,16H2,1-4H3,(H,17,18). The SMILES string of the molecule is Cc1cc(NC(C)C(=O)N(C)C)c2cc(N)ccc2n1. The van der Waals surface area contributed by atoms with Crippen molar-refractivity contribution in [2.45, 2.75) is 19.9 Å². The van der Waals surface area contributed by atoms with E-state index in [0.717, 1.165) is 22.3 Å².